The average Bonchev–Trinajstić information content (AvgIpc) is 3.02. The number of benzene rings is 2. The van der Waals surface area contributed by atoms with Gasteiger partial charge in [0.05, 0.1) is 11.4 Å². The van der Waals surface area contributed by atoms with Crippen LogP contribution in [-0.2, 0) is 0 Å². The van der Waals surface area contributed by atoms with Gasteiger partial charge in [0.1, 0.15) is 5.75 Å². The number of hydrazone groups is 1. The van der Waals surface area contributed by atoms with Gasteiger partial charge in [-0.3, -0.25) is 5.43 Å². The molecule has 0 aliphatic heterocycles. The SMILES string of the molecule is C/C(=N/Nc1nc(-c2ccc(O)cc2)cs1)c1cccc(N)c1. The minimum Gasteiger partial charge on any atom is -0.508 e. The Bertz CT molecular complexity index is 840. The highest BCUT2D eigenvalue weighted by molar-refractivity contribution is 7.14. The number of hydrogen-bond acceptors (Lipinski definition) is 6. The molecule has 0 unspecified atom stereocenters. The minimum atomic E-state index is 0.240. The number of nitrogens with zero attached hydrogens (tertiary/aromatic N) is 2. The summed E-state index contributed by atoms with van der Waals surface area (Å²) >= 11 is 1.47. The van der Waals surface area contributed by atoms with E-state index in [0.717, 1.165) is 22.5 Å². The summed E-state index contributed by atoms with van der Waals surface area (Å²) in [6, 6.07) is 14.5. The predicted octanol–water partition coefficient (Wildman–Crippen LogP) is 3.93. The van der Waals surface area contributed by atoms with Crippen molar-refractivity contribution in [3.8, 4) is 17.0 Å². The number of nitrogens with one attached hydrogen (secondary N) is 1. The Labute approximate surface area is 138 Å². The molecule has 0 saturated heterocycles. The number of aromatic hydroxyl groups is 1. The van der Waals surface area contributed by atoms with E-state index in [2.05, 4.69) is 15.5 Å². The van der Waals surface area contributed by atoms with Gasteiger partial charge in [-0.1, -0.05) is 12.1 Å². The third-order valence-electron chi connectivity index (χ3n) is 3.29. The maximum atomic E-state index is 9.33. The summed E-state index contributed by atoms with van der Waals surface area (Å²) in [5.74, 6) is 0.240. The second-order valence-corrected chi connectivity index (χ2v) is 5.88. The van der Waals surface area contributed by atoms with Crippen LogP contribution in [0.2, 0.25) is 0 Å². The molecule has 1 heterocycles. The van der Waals surface area contributed by atoms with Crippen LogP contribution in [0, 0.1) is 0 Å². The number of anilines is 2. The molecule has 1 aromatic heterocycles. The van der Waals surface area contributed by atoms with E-state index in [-0.39, 0.29) is 5.75 Å². The van der Waals surface area contributed by atoms with Gasteiger partial charge in [0.15, 0.2) is 0 Å². The van der Waals surface area contributed by atoms with Gasteiger partial charge >= 0.3 is 0 Å². The smallest absolute Gasteiger partial charge is 0.203 e. The molecule has 6 heteroatoms. The average molecular weight is 324 g/mol. The van der Waals surface area contributed by atoms with E-state index in [1.165, 1.54) is 11.3 Å². The summed E-state index contributed by atoms with van der Waals surface area (Å²) in [6.07, 6.45) is 0. The second-order valence-electron chi connectivity index (χ2n) is 5.02. The maximum absolute atomic E-state index is 9.33. The highest BCUT2D eigenvalue weighted by atomic mass is 32.1. The first kappa shape index (κ1) is 15.1. The molecule has 0 amide bonds. The van der Waals surface area contributed by atoms with Crippen molar-refractivity contribution < 1.29 is 5.11 Å². The maximum Gasteiger partial charge on any atom is 0.203 e. The number of phenolic OH excluding ortho intramolecular Hbond substituents is 1. The molecule has 5 nitrogen and oxygen atoms in total. The van der Waals surface area contributed by atoms with Crippen LogP contribution >= 0.6 is 11.3 Å². The fourth-order valence-electron chi connectivity index (χ4n) is 2.05. The molecule has 0 saturated carbocycles. The van der Waals surface area contributed by atoms with Gasteiger partial charge in [-0.05, 0) is 48.9 Å². The Morgan fingerprint density at radius 2 is 2.00 bits per heavy atom. The molecule has 0 atom stereocenters. The van der Waals surface area contributed by atoms with E-state index in [1.807, 2.05) is 48.7 Å². The standard InChI is InChI=1S/C17H16N4OS/c1-11(13-3-2-4-14(18)9-13)20-21-17-19-16(10-23-17)12-5-7-15(22)8-6-12/h2-10,22H,18H2,1H3,(H,19,21)/b20-11-. The van der Waals surface area contributed by atoms with Crippen molar-refractivity contribution in [3.63, 3.8) is 0 Å². The van der Waals surface area contributed by atoms with Gasteiger partial charge in [-0.2, -0.15) is 5.10 Å². The van der Waals surface area contributed by atoms with E-state index >= 15 is 0 Å². The number of thiazole rings is 1. The monoisotopic (exact) mass is 324 g/mol. The third-order valence-corrected chi connectivity index (χ3v) is 4.04. The van der Waals surface area contributed by atoms with Gasteiger partial charge in [-0.15, -0.1) is 11.3 Å². The minimum absolute atomic E-state index is 0.240. The molecular weight excluding hydrogens is 308 g/mol. The Hall–Kier alpha value is -2.86. The van der Waals surface area contributed by atoms with Gasteiger partial charge in [-0.25, -0.2) is 4.98 Å². The van der Waals surface area contributed by atoms with Gasteiger partial charge in [0, 0.05) is 16.6 Å². The summed E-state index contributed by atoms with van der Waals surface area (Å²) in [5.41, 5.74) is 13.0. The highest BCUT2D eigenvalue weighted by Crippen LogP contribution is 2.26. The van der Waals surface area contributed by atoms with E-state index < -0.39 is 0 Å². The Balaban J connectivity index is 1.74. The fraction of sp³-hybridized carbons (Fsp3) is 0.0588. The van der Waals surface area contributed by atoms with E-state index in [9.17, 15) is 5.11 Å². The van der Waals surface area contributed by atoms with Crippen LogP contribution in [0.15, 0.2) is 59.0 Å². The molecule has 23 heavy (non-hydrogen) atoms. The van der Waals surface area contributed by atoms with Crippen molar-refractivity contribution in [3.05, 3.63) is 59.5 Å². The molecule has 0 fully saturated rings. The predicted molar refractivity (Wildman–Crippen MR) is 95.9 cm³/mol. The van der Waals surface area contributed by atoms with Crippen LogP contribution in [0.5, 0.6) is 5.75 Å². The van der Waals surface area contributed by atoms with Gasteiger partial charge in [0.2, 0.25) is 5.13 Å². The Kier molecular flexibility index (Phi) is 4.25. The number of phenols is 1. The summed E-state index contributed by atoms with van der Waals surface area (Å²) in [4.78, 5) is 4.49. The van der Waals surface area contributed by atoms with Crippen molar-refractivity contribution in [1.82, 2.24) is 4.98 Å². The molecular formula is C17H16N4OS. The number of hydrogen-bond donors (Lipinski definition) is 3. The Morgan fingerprint density at radius 1 is 1.22 bits per heavy atom. The lowest BCUT2D eigenvalue weighted by Crippen LogP contribution is -2.00. The van der Waals surface area contributed by atoms with E-state index in [1.54, 1.807) is 12.1 Å². The lowest BCUT2D eigenvalue weighted by Gasteiger charge is -2.02. The van der Waals surface area contributed by atoms with Crippen molar-refractivity contribution in [1.29, 1.82) is 0 Å². The zero-order valence-electron chi connectivity index (χ0n) is 12.5. The molecule has 3 aromatic rings. The normalized spacial score (nSPS) is 11.4. The molecule has 0 aliphatic rings. The number of rotatable bonds is 4. The van der Waals surface area contributed by atoms with Crippen LogP contribution in [-0.4, -0.2) is 15.8 Å². The zero-order valence-corrected chi connectivity index (χ0v) is 13.3. The number of nitrogens with two attached hydrogens (primary N) is 1. The first-order valence-corrected chi connectivity index (χ1v) is 7.91. The van der Waals surface area contributed by atoms with Crippen LogP contribution in [0.1, 0.15) is 12.5 Å². The van der Waals surface area contributed by atoms with Crippen molar-refractivity contribution in [2.75, 3.05) is 11.2 Å². The number of aromatic nitrogens is 1. The summed E-state index contributed by atoms with van der Waals surface area (Å²) in [5, 5.41) is 16.3. The Morgan fingerprint density at radius 3 is 2.74 bits per heavy atom. The lowest BCUT2D eigenvalue weighted by atomic mass is 10.1. The third kappa shape index (κ3) is 3.67. The molecule has 0 radical (unpaired) electrons. The quantitative estimate of drug-likeness (QED) is 0.386. The first-order valence-electron chi connectivity index (χ1n) is 7.03. The molecule has 4 N–H and O–H groups in total. The number of nitrogen functional groups attached to an aromatic ring is 1. The molecule has 116 valence electrons. The van der Waals surface area contributed by atoms with Crippen molar-refractivity contribution in [2.45, 2.75) is 6.92 Å². The molecule has 2 aromatic carbocycles. The molecule has 0 aliphatic carbocycles. The second kappa shape index (κ2) is 6.50. The van der Waals surface area contributed by atoms with E-state index in [4.69, 9.17) is 5.73 Å². The zero-order chi connectivity index (χ0) is 16.2. The topological polar surface area (TPSA) is 83.5 Å². The van der Waals surface area contributed by atoms with Crippen LogP contribution < -0.4 is 11.2 Å². The van der Waals surface area contributed by atoms with Crippen LogP contribution in [0.4, 0.5) is 10.8 Å². The largest absolute Gasteiger partial charge is 0.508 e. The van der Waals surface area contributed by atoms with Gasteiger partial charge < -0.3 is 10.8 Å². The summed E-state index contributed by atoms with van der Waals surface area (Å²) in [7, 11) is 0. The lowest BCUT2D eigenvalue weighted by molar-refractivity contribution is 0.475. The molecule has 3 rings (SSSR count). The van der Waals surface area contributed by atoms with Crippen molar-refractivity contribution in [2.24, 2.45) is 5.10 Å². The molecule has 0 spiro atoms. The van der Waals surface area contributed by atoms with Crippen molar-refractivity contribution >= 4 is 27.9 Å². The van der Waals surface area contributed by atoms with Gasteiger partial charge in [0.25, 0.3) is 0 Å². The molecule has 0 bridgehead atoms. The summed E-state index contributed by atoms with van der Waals surface area (Å²) < 4.78 is 0. The van der Waals surface area contributed by atoms with Crippen LogP contribution in [0.25, 0.3) is 11.3 Å². The van der Waals surface area contributed by atoms with Crippen LogP contribution in [0.3, 0.4) is 0 Å². The first-order chi connectivity index (χ1) is 11.1. The highest BCUT2D eigenvalue weighted by Gasteiger charge is 2.04. The fourth-order valence-corrected chi connectivity index (χ4v) is 2.71. The van der Waals surface area contributed by atoms with E-state index in [0.29, 0.717) is 10.8 Å². The summed E-state index contributed by atoms with van der Waals surface area (Å²) in [6.45, 7) is 1.91.